The molecule has 0 amide bonds. The summed E-state index contributed by atoms with van der Waals surface area (Å²) in [5, 5.41) is 3.24. The summed E-state index contributed by atoms with van der Waals surface area (Å²) in [6, 6.07) is 0. The standard InChI is InChI=1S/C12H17N5O/c1-4-18-12-9(2)11(15-8-16-12)14-7-10-13-5-6-17(10)3/h5-6,8H,4,7H2,1-3H3,(H,14,15,16). The van der Waals surface area contributed by atoms with Gasteiger partial charge in [0.2, 0.25) is 5.88 Å². The molecule has 2 aromatic heterocycles. The maximum Gasteiger partial charge on any atom is 0.221 e. The molecule has 0 aliphatic heterocycles. The second-order valence-electron chi connectivity index (χ2n) is 3.89. The van der Waals surface area contributed by atoms with E-state index in [1.54, 1.807) is 6.20 Å². The zero-order valence-corrected chi connectivity index (χ0v) is 10.8. The molecular formula is C12H17N5O. The average Bonchev–Trinajstić information content (AvgIpc) is 2.76. The van der Waals surface area contributed by atoms with Crippen LogP contribution in [0.3, 0.4) is 0 Å². The minimum atomic E-state index is 0.594. The Labute approximate surface area is 106 Å². The van der Waals surface area contributed by atoms with E-state index in [0.717, 1.165) is 17.2 Å². The van der Waals surface area contributed by atoms with Crippen molar-refractivity contribution < 1.29 is 4.74 Å². The van der Waals surface area contributed by atoms with Crippen LogP contribution in [0.2, 0.25) is 0 Å². The Balaban J connectivity index is 2.10. The van der Waals surface area contributed by atoms with Gasteiger partial charge in [-0.1, -0.05) is 0 Å². The van der Waals surface area contributed by atoms with Crippen molar-refractivity contribution in [1.82, 2.24) is 19.5 Å². The molecule has 0 radical (unpaired) electrons. The highest BCUT2D eigenvalue weighted by molar-refractivity contribution is 5.47. The Hall–Kier alpha value is -2.11. The number of hydrogen-bond donors (Lipinski definition) is 1. The number of anilines is 1. The molecule has 0 spiro atoms. The van der Waals surface area contributed by atoms with Gasteiger partial charge in [-0.25, -0.2) is 15.0 Å². The molecule has 0 fully saturated rings. The first-order chi connectivity index (χ1) is 8.72. The third kappa shape index (κ3) is 2.58. The molecule has 0 aliphatic rings. The van der Waals surface area contributed by atoms with Crippen molar-refractivity contribution in [2.45, 2.75) is 20.4 Å². The van der Waals surface area contributed by atoms with Crippen LogP contribution >= 0.6 is 0 Å². The first-order valence-electron chi connectivity index (χ1n) is 5.86. The molecule has 0 aliphatic carbocycles. The van der Waals surface area contributed by atoms with Crippen LogP contribution < -0.4 is 10.1 Å². The van der Waals surface area contributed by atoms with Crippen LogP contribution in [0.25, 0.3) is 0 Å². The minimum absolute atomic E-state index is 0.594. The van der Waals surface area contributed by atoms with Crippen molar-refractivity contribution in [2.24, 2.45) is 7.05 Å². The lowest BCUT2D eigenvalue weighted by atomic mass is 10.3. The molecule has 18 heavy (non-hydrogen) atoms. The van der Waals surface area contributed by atoms with Gasteiger partial charge >= 0.3 is 0 Å². The van der Waals surface area contributed by atoms with E-state index < -0.39 is 0 Å². The van der Waals surface area contributed by atoms with Gasteiger partial charge in [-0.05, 0) is 13.8 Å². The zero-order valence-electron chi connectivity index (χ0n) is 10.8. The van der Waals surface area contributed by atoms with E-state index in [4.69, 9.17) is 4.74 Å². The first kappa shape index (κ1) is 12.3. The number of rotatable bonds is 5. The van der Waals surface area contributed by atoms with E-state index in [1.807, 2.05) is 31.7 Å². The van der Waals surface area contributed by atoms with Crippen molar-refractivity contribution in [2.75, 3.05) is 11.9 Å². The maximum absolute atomic E-state index is 5.43. The second-order valence-corrected chi connectivity index (χ2v) is 3.89. The zero-order chi connectivity index (χ0) is 13.0. The Morgan fingerprint density at radius 3 is 2.83 bits per heavy atom. The SMILES string of the molecule is CCOc1ncnc(NCc2nccn2C)c1C. The molecule has 2 heterocycles. The van der Waals surface area contributed by atoms with Gasteiger partial charge < -0.3 is 14.6 Å². The van der Waals surface area contributed by atoms with Gasteiger partial charge in [0.05, 0.1) is 18.7 Å². The van der Waals surface area contributed by atoms with Crippen molar-refractivity contribution in [3.8, 4) is 5.88 Å². The Bertz CT molecular complexity index is 523. The van der Waals surface area contributed by atoms with Crippen LogP contribution in [0.15, 0.2) is 18.7 Å². The number of hydrogen-bond acceptors (Lipinski definition) is 5. The molecule has 0 atom stereocenters. The molecule has 0 saturated heterocycles. The Morgan fingerprint density at radius 2 is 2.17 bits per heavy atom. The third-order valence-corrected chi connectivity index (χ3v) is 2.65. The fraction of sp³-hybridized carbons (Fsp3) is 0.417. The van der Waals surface area contributed by atoms with Crippen LogP contribution in [-0.2, 0) is 13.6 Å². The molecule has 2 rings (SSSR count). The van der Waals surface area contributed by atoms with Crippen LogP contribution in [0.1, 0.15) is 18.3 Å². The van der Waals surface area contributed by atoms with Crippen LogP contribution in [0.4, 0.5) is 5.82 Å². The summed E-state index contributed by atoms with van der Waals surface area (Å²) in [6.45, 7) is 5.08. The topological polar surface area (TPSA) is 64.9 Å². The summed E-state index contributed by atoms with van der Waals surface area (Å²) in [4.78, 5) is 12.6. The molecule has 2 aromatic rings. The molecule has 0 saturated carbocycles. The second kappa shape index (κ2) is 5.48. The van der Waals surface area contributed by atoms with Gasteiger partial charge in [-0.2, -0.15) is 0 Å². The molecule has 96 valence electrons. The third-order valence-electron chi connectivity index (χ3n) is 2.65. The molecule has 6 heteroatoms. The lowest BCUT2D eigenvalue weighted by molar-refractivity contribution is 0.324. The number of nitrogens with one attached hydrogen (secondary N) is 1. The summed E-state index contributed by atoms with van der Waals surface area (Å²) in [6.07, 6.45) is 5.18. The molecule has 0 bridgehead atoms. The highest BCUT2D eigenvalue weighted by Crippen LogP contribution is 2.20. The summed E-state index contributed by atoms with van der Waals surface area (Å²) in [5.74, 6) is 2.34. The highest BCUT2D eigenvalue weighted by Gasteiger charge is 2.08. The number of nitrogens with zero attached hydrogens (tertiary/aromatic N) is 4. The number of ether oxygens (including phenoxy) is 1. The van der Waals surface area contributed by atoms with Crippen LogP contribution in [0.5, 0.6) is 5.88 Å². The van der Waals surface area contributed by atoms with E-state index >= 15 is 0 Å². The van der Waals surface area contributed by atoms with Crippen LogP contribution in [-0.4, -0.2) is 26.1 Å². The van der Waals surface area contributed by atoms with E-state index in [2.05, 4.69) is 20.3 Å². The normalized spacial score (nSPS) is 10.4. The lowest BCUT2D eigenvalue weighted by Gasteiger charge is -2.11. The van der Waals surface area contributed by atoms with Gasteiger partial charge in [-0.15, -0.1) is 0 Å². The summed E-state index contributed by atoms with van der Waals surface area (Å²) < 4.78 is 7.39. The van der Waals surface area contributed by atoms with E-state index in [9.17, 15) is 0 Å². The maximum atomic E-state index is 5.43. The Kier molecular flexibility index (Phi) is 3.76. The fourth-order valence-corrected chi connectivity index (χ4v) is 1.62. The largest absolute Gasteiger partial charge is 0.478 e. The van der Waals surface area contributed by atoms with E-state index in [-0.39, 0.29) is 0 Å². The molecule has 0 aromatic carbocycles. The molecule has 0 unspecified atom stereocenters. The van der Waals surface area contributed by atoms with Crippen molar-refractivity contribution in [3.63, 3.8) is 0 Å². The van der Waals surface area contributed by atoms with Gasteiger partial charge in [0.1, 0.15) is 18.0 Å². The van der Waals surface area contributed by atoms with E-state index in [0.29, 0.717) is 19.0 Å². The summed E-state index contributed by atoms with van der Waals surface area (Å²) in [5.41, 5.74) is 0.911. The van der Waals surface area contributed by atoms with Crippen molar-refractivity contribution in [3.05, 3.63) is 30.1 Å². The monoisotopic (exact) mass is 247 g/mol. The molecule has 6 nitrogen and oxygen atoms in total. The highest BCUT2D eigenvalue weighted by atomic mass is 16.5. The summed E-state index contributed by atoms with van der Waals surface area (Å²) in [7, 11) is 1.96. The smallest absolute Gasteiger partial charge is 0.221 e. The fourth-order valence-electron chi connectivity index (χ4n) is 1.62. The molecule has 1 N–H and O–H groups in total. The van der Waals surface area contributed by atoms with Crippen molar-refractivity contribution >= 4 is 5.82 Å². The number of aryl methyl sites for hydroxylation is 1. The molecular weight excluding hydrogens is 230 g/mol. The quantitative estimate of drug-likeness (QED) is 0.868. The van der Waals surface area contributed by atoms with Gasteiger partial charge in [0.15, 0.2) is 0 Å². The lowest BCUT2D eigenvalue weighted by Crippen LogP contribution is -2.09. The van der Waals surface area contributed by atoms with E-state index in [1.165, 1.54) is 6.33 Å². The average molecular weight is 247 g/mol. The summed E-state index contributed by atoms with van der Waals surface area (Å²) >= 11 is 0. The predicted molar refractivity (Wildman–Crippen MR) is 68.5 cm³/mol. The minimum Gasteiger partial charge on any atom is -0.478 e. The van der Waals surface area contributed by atoms with Crippen LogP contribution in [0, 0.1) is 6.92 Å². The van der Waals surface area contributed by atoms with Gasteiger partial charge in [-0.3, -0.25) is 0 Å². The van der Waals surface area contributed by atoms with Crippen molar-refractivity contribution in [1.29, 1.82) is 0 Å². The predicted octanol–water partition coefficient (Wildman–Crippen LogP) is 1.53. The first-order valence-corrected chi connectivity index (χ1v) is 5.86. The Morgan fingerprint density at radius 1 is 1.33 bits per heavy atom. The number of aromatic nitrogens is 4. The number of imidazole rings is 1. The van der Waals surface area contributed by atoms with Gasteiger partial charge in [0.25, 0.3) is 0 Å². The van der Waals surface area contributed by atoms with Gasteiger partial charge in [0, 0.05) is 19.4 Å².